The zero-order valence-corrected chi connectivity index (χ0v) is 11.4. The SMILES string of the molecule is Cc1cc(NC2CCCCCC2)cc(C(=O)O)c1N. The molecule has 4 nitrogen and oxygen atoms in total. The predicted molar refractivity (Wildman–Crippen MR) is 77.7 cm³/mol. The molecule has 0 saturated heterocycles. The van der Waals surface area contributed by atoms with Gasteiger partial charge in [-0.2, -0.15) is 0 Å². The fraction of sp³-hybridized carbons (Fsp3) is 0.533. The fourth-order valence-corrected chi connectivity index (χ4v) is 2.72. The average Bonchev–Trinajstić information content (AvgIpc) is 2.62. The molecule has 1 fully saturated rings. The van der Waals surface area contributed by atoms with Crippen LogP contribution in [0.3, 0.4) is 0 Å². The standard InChI is InChI=1S/C15H22N2O2/c1-10-8-12(9-13(14(10)16)15(18)19)17-11-6-4-2-3-5-7-11/h8-9,11,17H,2-7,16H2,1H3,(H,18,19). The maximum atomic E-state index is 11.2. The van der Waals surface area contributed by atoms with Crippen molar-refractivity contribution in [2.24, 2.45) is 0 Å². The lowest BCUT2D eigenvalue weighted by atomic mass is 10.0. The summed E-state index contributed by atoms with van der Waals surface area (Å²) in [6.45, 7) is 1.85. The smallest absolute Gasteiger partial charge is 0.337 e. The topological polar surface area (TPSA) is 75.3 Å². The summed E-state index contributed by atoms with van der Waals surface area (Å²) in [4.78, 5) is 11.2. The largest absolute Gasteiger partial charge is 0.478 e. The number of rotatable bonds is 3. The third kappa shape index (κ3) is 3.40. The molecule has 4 heteroatoms. The third-order valence-corrected chi connectivity index (χ3v) is 3.84. The monoisotopic (exact) mass is 262 g/mol. The first-order valence-corrected chi connectivity index (χ1v) is 6.98. The van der Waals surface area contributed by atoms with E-state index < -0.39 is 5.97 Å². The Labute approximate surface area is 114 Å². The van der Waals surface area contributed by atoms with Gasteiger partial charge in [-0.25, -0.2) is 4.79 Å². The second-order valence-corrected chi connectivity index (χ2v) is 5.39. The van der Waals surface area contributed by atoms with Crippen molar-refractivity contribution >= 4 is 17.3 Å². The minimum absolute atomic E-state index is 0.191. The van der Waals surface area contributed by atoms with Gasteiger partial charge < -0.3 is 16.2 Å². The van der Waals surface area contributed by atoms with Gasteiger partial charge in [0.05, 0.1) is 5.56 Å². The predicted octanol–water partition coefficient (Wildman–Crippen LogP) is 3.41. The quantitative estimate of drug-likeness (QED) is 0.576. The number of carbonyl (C=O) groups is 1. The minimum Gasteiger partial charge on any atom is -0.478 e. The van der Waals surface area contributed by atoms with Crippen molar-refractivity contribution in [3.63, 3.8) is 0 Å². The summed E-state index contributed by atoms with van der Waals surface area (Å²) in [7, 11) is 0. The zero-order chi connectivity index (χ0) is 13.8. The Morgan fingerprint density at radius 3 is 2.47 bits per heavy atom. The van der Waals surface area contributed by atoms with Crippen molar-refractivity contribution in [1.29, 1.82) is 0 Å². The summed E-state index contributed by atoms with van der Waals surface area (Å²) in [6, 6.07) is 4.04. The maximum Gasteiger partial charge on any atom is 0.337 e. The molecule has 4 N–H and O–H groups in total. The Morgan fingerprint density at radius 1 is 1.26 bits per heavy atom. The van der Waals surface area contributed by atoms with E-state index in [4.69, 9.17) is 10.8 Å². The molecule has 1 saturated carbocycles. The van der Waals surface area contributed by atoms with E-state index in [1.807, 2.05) is 13.0 Å². The van der Waals surface area contributed by atoms with Crippen LogP contribution in [0.25, 0.3) is 0 Å². The molecule has 1 aliphatic carbocycles. The van der Waals surface area contributed by atoms with Crippen molar-refractivity contribution in [3.8, 4) is 0 Å². The molecule has 1 aliphatic rings. The van der Waals surface area contributed by atoms with E-state index in [1.165, 1.54) is 25.7 Å². The van der Waals surface area contributed by atoms with Crippen molar-refractivity contribution in [3.05, 3.63) is 23.3 Å². The van der Waals surface area contributed by atoms with E-state index in [2.05, 4.69) is 5.32 Å². The van der Waals surface area contributed by atoms with E-state index in [1.54, 1.807) is 6.07 Å². The Bertz CT molecular complexity index is 463. The lowest BCUT2D eigenvalue weighted by Gasteiger charge is -2.19. The average molecular weight is 262 g/mol. The summed E-state index contributed by atoms with van der Waals surface area (Å²) in [6.07, 6.45) is 7.42. The third-order valence-electron chi connectivity index (χ3n) is 3.84. The summed E-state index contributed by atoms with van der Waals surface area (Å²) < 4.78 is 0. The van der Waals surface area contributed by atoms with Crippen LogP contribution in [0.1, 0.15) is 54.4 Å². The normalized spacial score (nSPS) is 16.9. The number of hydrogen-bond donors (Lipinski definition) is 3. The number of aromatic carboxylic acids is 1. The van der Waals surface area contributed by atoms with Crippen LogP contribution in [-0.2, 0) is 0 Å². The van der Waals surface area contributed by atoms with Crippen LogP contribution in [-0.4, -0.2) is 17.1 Å². The number of nitrogens with one attached hydrogen (secondary N) is 1. The van der Waals surface area contributed by atoms with Gasteiger partial charge in [0.2, 0.25) is 0 Å². The maximum absolute atomic E-state index is 11.2. The number of anilines is 2. The molecule has 0 heterocycles. The highest BCUT2D eigenvalue weighted by Crippen LogP contribution is 2.26. The molecule has 0 aliphatic heterocycles. The lowest BCUT2D eigenvalue weighted by Crippen LogP contribution is -2.19. The Kier molecular flexibility index (Phi) is 4.30. The van der Waals surface area contributed by atoms with E-state index in [0.717, 1.165) is 24.1 Å². The molecule has 19 heavy (non-hydrogen) atoms. The zero-order valence-electron chi connectivity index (χ0n) is 11.4. The molecular formula is C15H22N2O2. The number of nitrogen functional groups attached to an aromatic ring is 1. The van der Waals surface area contributed by atoms with Crippen molar-refractivity contribution in [1.82, 2.24) is 0 Å². The van der Waals surface area contributed by atoms with E-state index in [0.29, 0.717) is 11.7 Å². The minimum atomic E-state index is -0.967. The van der Waals surface area contributed by atoms with Crippen LogP contribution < -0.4 is 11.1 Å². The van der Waals surface area contributed by atoms with Gasteiger partial charge in [0.15, 0.2) is 0 Å². The molecule has 0 unspecified atom stereocenters. The van der Waals surface area contributed by atoms with Crippen LogP contribution in [0.5, 0.6) is 0 Å². The molecule has 0 amide bonds. The van der Waals surface area contributed by atoms with Crippen molar-refractivity contribution in [2.45, 2.75) is 51.5 Å². The van der Waals surface area contributed by atoms with Gasteiger partial charge in [-0.05, 0) is 37.5 Å². The number of carboxylic acids is 1. The van der Waals surface area contributed by atoms with E-state index in [9.17, 15) is 4.79 Å². The molecule has 0 atom stereocenters. The van der Waals surface area contributed by atoms with Gasteiger partial charge in [-0.15, -0.1) is 0 Å². The lowest BCUT2D eigenvalue weighted by molar-refractivity contribution is 0.0698. The molecule has 0 bridgehead atoms. The fourth-order valence-electron chi connectivity index (χ4n) is 2.72. The van der Waals surface area contributed by atoms with Gasteiger partial charge in [-0.1, -0.05) is 25.7 Å². The van der Waals surface area contributed by atoms with Crippen LogP contribution in [0.2, 0.25) is 0 Å². The number of benzene rings is 1. The van der Waals surface area contributed by atoms with Gasteiger partial charge >= 0.3 is 5.97 Å². The van der Waals surface area contributed by atoms with Crippen molar-refractivity contribution in [2.75, 3.05) is 11.1 Å². The van der Waals surface area contributed by atoms with E-state index >= 15 is 0 Å². The van der Waals surface area contributed by atoms with Crippen LogP contribution in [0.15, 0.2) is 12.1 Å². The number of hydrogen-bond acceptors (Lipinski definition) is 3. The van der Waals surface area contributed by atoms with Gasteiger partial charge in [0.25, 0.3) is 0 Å². The Hall–Kier alpha value is -1.71. The van der Waals surface area contributed by atoms with Gasteiger partial charge in [-0.3, -0.25) is 0 Å². The molecule has 2 rings (SSSR count). The highest BCUT2D eigenvalue weighted by atomic mass is 16.4. The summed E-state index contributed by atoms with van der Waals surface area (Å²) >= 11 is 0. The highest BCUT2D eigenvalue weighted by Gasteiger charge is 2.15. The van der Waals surface area contributed by atoms with Crippen molar-refractivity contribution < 1.29 is 9.90 Å². The molecule has 1 aromatic carbocycles. The number of aryl methyl sites for hydroxylation is 1. The summed E-state index contributed by atoms with van der Waals surface area (Å²) in [5.74, 6) is -0.967. The molecule has 0 spiro atoms. The molecule has 1 aromatic rings. The second-order valence-electron chi connectivity index (χ2n) is 5.39. The number of carboxylic acid groups (broad SMARTS) is 1. The van der Waals surface area contributed by atoms with E-state index in [-0.39, 0.29) is 5.56 Å². The van der Waals surface area contributed by atoms with Crippen LogP contribution in [0.4, 0.5) is 11.4 Å². The first kappa shape index (κ1) is 13.7. The first-order chi connectivity index (χ1) is 9.08. The highest BCUT2D eigenvalue weighted by molar-refractivity contribution is 5.95. The van der Waals surface area contributed by atoms with Gasteiger partial charge in [0.1, 0.15) is 0 Å². The number of nitrogens with two attached hydrogens (primary N) is 1. The second kappa shape index (κ2) is 5.95. The van der Waals surface area contributed by atoms with Crippen LogP contribution in [0, 0.1) is 6.92 Å². The molecule has 0 aromatic heterocycles. The summed E-state index contributed by atoms with van der Waals surface area (Å²) in [5.41, 5.74) is 8.04. The molecule has 104 valence electrons. The first-order valence-electron chi connectivity index (χ1n) is 6.98. The Morgan fingerprint density at radius 2 is 1.89 bits per heavy atom. The van der Waals surface area contributed by atoms with Crippen LogP contribution >= 0.6 is 0 Å². The molecule has 0 radical (unpaired) electrons. The molecular weight excluding hydrogens is 240 g/mol. The van der Waals surface area contributed by atoms with Gasteiger partial charge in [0, 0.05) is 17.4 Å². The Balaban J connectivity index is 2.17. The summed E-state index contributed by atoms with van der Waals surface area (Å²) in [5, 5.41) is 12.6.